The molecule has 0 saturated heterocycles. The van der Waals surface area contributed by atoms with Crippen molar-refractivity contribution in [1.82, 2.24) is 5.32 Å². The van der Waals surface area contributed by atoms with Gasteiger partial charge in [0.2, 0.25) is 5.91 Å². The maximum atomic E-state index is 12.2. The molecule has 2 N–H and O–H groups in total. The monoisotopic (exact) mass is 382 g/mol. The fourth-order valence-electron chi connectivity index (χ4n) is 2.41. The maximum absolute atomic E-state index is 12.2. The van der Waals surface area contributed by atoms with Crippen molar-refractivity contribution in [3.63, 3.8) is 0 Å². The standard InChI is InChI=1S/C21H22N2O5/c1-13-5-4-6-17(11-13)20(26)22-14(2)21(27)28-12-19(25)16-7-9-18(10-8-16)23-15(3)24/h4-11,14H,12H2,1-3H3,(H,22,26)(H,23,24)/t14-/m0/s1. The molecule has 0 aliphatic rings. The van der Waals surface area contributed by atoms with E-state index in [-0.39, 0.29) is 11.7 Å². The van der Waals surface area contributed by atoms with Gasteiger partial charge in [0.1, 0.15) is 6.04 Å². The largest absolute Gasteiger partial charge is 0.456 e. The second-order valence-electron chi connectivity index (χ2n) is 6.35. The Labute approximate surface area is 163 Å². The van der Waals surface area contributed by atoms with Crippen molar-refractivity contribution < 1.29 is 23.9 Å². The first-order chi connectivity index (χ1) is 13.3. The average Bonchev–Trinajstić information content (AvgIpc) is 2.65. The summed E-state index contributed by atoms with van der Waals surface area (Å²) in [4.78, 5) is 47.3. The van der Waals surface area contributed by atoms with E-state index in [9.17, 15) is 19.2 Å². The number of hydrogen-bond acceptors (Lipinski definition) is 5. The molecule has 2 aromatic carbocycles. The number of carbonyl (C=O) groups excluding carboxylic acids is 4. The summed E-state index contributed by atoms with van der Waals surface area (Å²) in [7, 11) is 0. The minimum atomic E-state index is -0.900. The van der Waals surface area contributed by atoms with E-state index in [1.165, 1.54) is 26.0 Å². The Bertz CT molecular complexity index is 890. The number of esters is 1. The number of amides is 2. The number of Topliss-reactive ketones (excluding diaryl/α,β-unsaturated/α-hetero) is 1. The number of carbonyl (C=O) groups is 4. The van der Waals surface area contributed by atoms with Gasteiger partial charge in [-0.2, -0.15) is 0 Å². The molecule has 2 amide bonds. The van der Waals surface area contributed by atoms with E-state index in [4.69, 9.17) is 4.74 Å². The quantitative estimate of drug-likeness (QED) is 0.566. The van der Waals surface area contributed by atoms with Gasteiger partial charge in [-0.15, -0.1) is 0 Å². The van der Waals surface area contributed by atoms with Crippen LogP contribution in [0, 0.1) is 6.92 Å². The molecule has 0 aromatic heterocycles. The highest BCUT2D eigenvalue weighted by atomic mass is 16.5. The summed E-state index contributed by atoms with van der Waals surface area (Å²) in [5.41, 5.74) is 2.28. The molecule has 28 heavy (non-hydrogen) atoms. The van der Waals surface area contributed by atoms with E-state index in [1.807, 2.05) is 13.0 Å². The zero-order valence-corrected chi connectivity index (χ0v) is 15.9. The van der Waals surface area contributed by atoms with Gasteiger partial charge < -0.3 is 15.4 Å². The summed E-state index contributed by atoms with van der Waals surface area (Å²) in [6, 6.07) is 12.3. The summed E-state index contributed by atoms with van der Waals surface area (Å²) >= 11 is 0. The van der Waals surface area contributed by atoms with Crippen LogP contribution < -0.4 is 10.6 Å². The summed E-state index contributed by atoms with van der Waals surface area (Å²) < 4.78 is 5.00. The molecule has 0 radical (unpaired) electrons. The molecule has 0 aliphatic heterocycles. The van der Waals surface area contributed by atoms with Crippen LogP contribution in [0.3, 0.4) is 0 Å². The fourth-order valence-corrected chi connectivity index (χ4v) is 2.41. The average molecular weight is 382 g/mol. The van der Waals surface area contributed by atoms with Crippen LogP contribution in [0.4, 0.5) is 5.69 Å². The summed E-state index contributed by atoms with van der Waals surface area (Å²) in [6.45, 7) is 4.30. The number of ketones is 1. The lowest BCUT2D eigenvalue weighted by Crippen LogP contribution is -2.40. The van der Waals surface area contributed by atoms with Gasteiger partial charge >= 0.3 is 5.97 Å². The molecule has 7 heteroatoms. The van der Waals surface area contributed by atoms with Crippen LogP contribution in [-0.2, 0) is 14.3 Å². The molecule has 146 valence electrons. The smallest absolute Gasteiger partial charge is 0.328 e. The number of hydrogen-bond donors (Lipinski definition) is 2. The minimum Gasteiger partial charge on any atom is -0.456 e. The van der Waals surface area contributed by atoms with Crippen molar-refractivity contribution in [3.05, 3.63) is 65.2 Å². The van der Waals surface area contributed by atoms with Crippen LogP contribution in [0.15, 0.2) is 48.5 Å². The molecule has 0 fully saturated rings. The highest BCUT2D eigenvalue weighted by molar-refractivity contribution is 6.00. The number of anilines is 1. The van der Waals surface area contributed by atoms with E-state index in [1.54, 1.807) is 30.3 Å². The van der Waals surface area contributed by atoms with Gasteiger partial charge in [-0.1, -0.05) is 17.7 Å². The van der Waals surface area contributed by atoms with Gasteiger partial charge in [0.25, 0.3) is 5.91 Å². The molecular weight excluding hydrogens is 360 g/mol. The highest BCUT2D eigenvalue weighted by Gasteiger charge is 2.19. The zero-order chi connectivity index (χ0) is 20.7. The molecule has 1 atom stereocenters. The number of nitrogens with one attached hydrogen (secondary N) is 2. The van der Waals surface area contributed by atoms with Crippen molar-refractivity contribution in [2.45, 2.75) is 26.8 Å². The van der Waals surface area contributed by atoms with Gasteiger partial charge in [0.15, 0.2) is 12.4 Å². The van der Waals surface area contributed by atoms with Crippen LogP contribution in [0.2, 0.25) is 0 Å². The lowest BCUT2D eigenvalue weighted by Gasteiger charge is -2.13. The van der Waals surface area contributed by atoms with Crippen LogP contribution in [-0.4, -0.2) is 36.2 Å². The van der Waals surface area contributed by atoms with Crippen molar-refractivity contribution in [3.8, 4) is 0 Å². The van der Waals surface area contributed by atoms with Gasteiger partial charge in [-0.3, -0.25) is 14.4 Å². The van der Waals surface area contributed by atoms with E-state index in [0.29, 0.717) is 16.8 Å². The first-order valence-corrected chi connectivity index (χ1v) is 8.71. The number of ether oxygens (including phenoxy) is 1. The Morgan fingerprint density at radius 3 is 2.29 bits per heavy atom. The van der Waals surface area contributed by atoms with Crippen molar-refractivity contribution >= 4 is 29.3 Å². The predicted molar refractivity (Wildman–Crippen MR) is 104 cm³/mol. The number of benzene rings is 2. The number of rotatable bonds is 7. The van der Waals surface area contributed by atoms with Crippen molar-refractivity contribution in [1.29, 1.82) is 0 Å². The molecule has 0 aliphatic carbocycles. The van der Waals surface area contributed by atoms with E-state index >= 15 is 0 Å². The van der Waals surface area contributed by atoms with Crippen LogP contribution in [0.1, 0.15) is 40.1 Å². The van der Waals surface area contributed by atoms with Crippen LogP contribution in [0.25, 0.3) is 0 Å². The molecule has 7 nitrogen and oxygen atoms in total. The third-order valence-corrected chi connectivity index (χ3v) is 3.85. The molecule has 0 heterocycles. The van der Waals surface area contributed by atoms with Crippen LogP contribution in [0.5, 0.6) is 0 Å². The summed E-state index contributed by atoms with van der Waals surface area (Å²) in [6.07, 6.45) is 0. The molecule has 2 aromatic rings. The second kappa shape index (κ2) is 9.45. The van der Waals surface area contributed by atoms with E-state index in [0.717, 1.165) is 5.56 Å². The molecular formula is C21H22N2O5. The molecule has 0 bridgehead atoms. The number of aryl methyl sites for hydroxylation is 1. The Morgan fingerprint density at radius 1 is 1.00 bits per heavy atom. The van der Waals surface area contributed by atoms with Gasteiger partial charge in [0.05, 0.1) is 0 Å². The third-order valence-electron chi connectivity index (χ3n) is 3.85. The normalized spacial score (nSPS) is 11.2. The first-order valence-electron chi connectivity index (χ1n) is 8.71. The third kappa shape index (κ3) is 6.05. The van der Waals surface area contributed by atoms with Gasteiger partial charge in [0, 0.05) is 23.7 Å². The van der Waals surface area contributed by atoms with E-state index in [2.05, 4.69) is 10.6 Å². The Morgan fingerprint density at radius 2 is 1.68 bits per heavy atom. The highest BCUT2D eigenvalue weighted by Crippen LogP contribution is 2.10. The molecule has 2 rings (SSSR count). The van der Waals surface area contributed by atoms with E-state index < -0.39 is 24.5 Å². The summed E-state index contributed by atoms with van der Waals surface area (Å²) in [5, 5.41) is 5.14. The second-order valence-corrected chi connectivity index (χ2v) is 6.35. The first kappa shape index (κ1) is 20.8. The zero-order valence-electron chi connectivity index (χ0n) is 15.9. The van der Waals surface area contributed by atoms with Gasteiger partial charge in [-0.05, 0) is 50.2 Å². The maximum Gasteiger partial charge on any atom is 0.328 e. The Hall–Kier alpha value is -3.48. The van der Waals surface area contributed by atoms with Crippen LogP contribution >= 0.6 is 0 Å². The lowest BCUT2D eigenvalue weighted by atomic mass is 10.1. The predicted octanol–water partition coefficient (Wildman–Crippen LogP) is 2.50. The van der Waals surface area contributed by atoms with Crippen molar-refractivity contribution in [2.24, 2.45) is 0 Å². The molecule has 0 spiro atoms. The van der Waals surface area contributed by atoms with Gasteiger partial charge in [-0.25, -0.2) is 4.79 Å². The molecule has 0 unspecified atom stereocenters. The topological polar surface area (TPSA) is 102 Å². The van der Waals surface area contributed by atoms with Crippen molar-refractivity contribution in [2.75, 3.05) is 11.9 Å². The fraction of sp³-hybridized carbons (Fsp3) is 0.238. The Balaban J connectivity index is 1.85. The Kier molecular flexibility index (Phi) is 7.03. The molecule has 0 saturated carbocycles. The summed E-state index contributed by atoms with van der Waals surface area (Å²) in [5.74, 6) is -1.70. The SMILES string of the molecule is CC(=O)Nc1ccc(C(=O)COC(=O)[C@H](C)NC(=O)c2cccc(C)c2)cc1. The lowest BCUT2D eigenvalue weighted by molar-refractivity contribution is -0.144. The minimum absolute atomic E-state index is 0.213.